The number of aryl methyl sites for hydroxylation is 2. The van der Waals surface area contributed by atoms with Gasteiger partial charge in [-0.25, -0.2) is 13.2 Å². The monoisotopic (exact) mass is 406 g/mol. The molecule has 152 valence electrons. The molecule has 0 unspecified atom stereocenters. The number of carbonyl (C=O) groups is 1. The maximum absolute atomic E-state index is 12.9. The van der Waals surface area contributed by atoms with Crippen molar-refractivity contribution in [3.63, 3.8) is 0 Å². The molecule has 1 saturated heterocycles. The van der Waals surface area contributed by atoms with Crippen LogP contribution >= 0.6 is 0 Å². The predicted octanol–water partition coefficient (Wildman–Crippen LogP) is 2.95. The molecular weight excluding hydrogens is 380 g/mol. The number of sulfonamides is 1. The number of anilines is 1. The van der Waals surface area contributed by atoms with Crippen LogP contribution in [-0.2, 0) is 10.0 Å². The van der Waals surface area contributed by atoms with Crippen molar-refractivity contribution < 1.29 is 17.7 Å². The molecule has 1 N–H and O–H groups in total. The van der Waals surface area contributed by atoms with Crippen LogP contribution in [0.4, 0.5) is 10.5 Å². The van der Waals surface area contributed by atoms with Gasteiger partial charge in [-0.05, 0) is 37.5 Å². The molecule has 0 aliphatic carbocycles. The van der Waals surface area contributed by atoms with Crippen LogP contribution in [0.15, 0.2) is 33.7 Å². The number of piperazine rings is 1. The normalized spacial score (nSPS) is 15.8. The van der Waals surface area contributed by atoms with Crippen LogP contribution in [0, 0.1) is 13.8 Å². The van der Waals surface area contributed by atoms with Gasteiger partial charge in [0.2, 0.25) is 10.0 Å². The summed E-state index contributed by atoms with van der Waals surface area (Å²) in [5.41, 5.74) is 2.28. The Hall–Kier alpha value is -2.39. The van der Waals surface area contributed by atoms with E-state index in [0.717, 1.165) is 5.69 Å². The number of nitrogens with zero attached hydrogens (tertiary/aromatic N) is 3. The van der Waals surface area contributed by atoms with Crippen LogP contribution in [-0.4, -0.2) is 55.0 Å². The summed E-state index contributed by atoms with van der Waals surface area (Å²) in [6.45, 7) is 8.52. The second-order valence-corrected chi connectivity index (χ2v) is 9.13. The number of rotatable bonds is 4. The minimum absolute atomic E-state index is 0.121. The van der Waals surface area contributed by atoms with E-state index in [9.17, 15) is 13.2 Å². The Balaban J connectivity index is 1.61. The van der Waals surface area contributed by atoms with E-state index in [2.05, 4.69) is 24.3 Å². The molecule has 0 saturated carbocycles. The highest BCUT2D eigenvalue weighted by Crippen LogP contribution is 2.24. The van der Waals surface area contributed by atoms with E-state index in [1.165, 1.54) is 9.87 Å². The Kier molecular flexibility index (Phi) is 5.76. The van der Waals surface area contributed by atoms with Crippen LogP contribution in [0.1, 0.15) is 36.8 Å². The number of hydrogen-bond acceptors (Lipinski definition) is 5. The van der Waals surface area contributed by atoms with E-state index in [-0.39, 0.29) is 29.8 Å². The number of urea groups is 1. The SMILES string of the molecule is Cc1noc(C)c1S(=O)(=O)N1CCN(C(=O)Nc2ccc(C(C)C)cc2)CC1. The van der Waals surface area contributed by atoms with Crippen molar-refractivity contribution in [2.24, 2.45) is 0 Å². The molecule has 8 nitrogen and oxygen atoms in total. The first-order valence-electron chi connectivity index (χ1n) is 9.29. The van der Waals surface area contributed by atoms with E-state index in [4.69, 9.17) is 4.52 Å². The molecule has 1 fully saturated rings. The van der Waals surface area contributed by atoms with Crippen LogP contribution < -0.4 is 5.32 Å². The zero-order valence-electron chi connectivity index (χ0n) is 16.6. The number of amides is 2. The van der Waals surface area contributed by atoms with Crippen molar-refractivity contribution >= 4 is 21.7 Å². The van der Waals surface area contributed by atoms with Gasteiger partial charge in [-0.1, -0.05) is 31.1 Å². The van der Waals surface area contributed by atoms with Gasteiger partial charge >= 0.3 is 6.03 Å². The highest BCUT2D eigenvalue weighted by Gasteiger charge is 2.34. The lowest BCUT2D eigenvalue weighted by Gasteiger charge is -2.33. The predicted molar refractivity (Wildman–Crippen MR) is 106 cm³/mol. The van der Waals surface area contributed by atoms with Crippen molar-refractivity contribution in [1.29, 1.82) is 0 Å². The number of hydrogen-bond donors (Lipinski definition) is 1. The number of benzene rings is 1. The molecule has 2 amide bonds. The average molecular weight is 407 g/mol. The van der Waals surface area contributed by atoms with Gasteiger partial charge in [-0.15, -0.1) is 0 Å². The summed E-state index contributed by atoms with van der Waals surface area (Å²) in [7, 11) is -3.68. The highest BCUT2D eigenvalue weighted by atomic mass is 32.2. The first-order valence-corrected chi connectivity index (χ1v) is 10.7. The fourth-order valence-corrected chi connectivity index (χ4v) is 4.97. The largest absolute Gasteiger partial charge is 0.360 e. The second kappa shape index (κ2) is 7.92. The van der Waals surface area contributed by atoms with Gasteiger partial charge in [0.05, 0.1) is 0 Å². The molecule has 2 heterocycles. The van der Waals surface area contributed by atoms with Crippen molar-refractivity contribution in [3.8, 4) is 0 Å². The Morgan fingerprint density at radius 1 is 1.11 bits per heavy atom. The van der Waals surface area contributed by atoms with Gasteiger partial charge in [0.15, 0.2) is 5.76 Å². The van der Waals surface area contributed by atoms with Crippen LogP contribution in [0.5, 0.6) is 0 Å². The van der Waals surface area contributed by atoms with Crippen molar-refractivity contribution in [1.82, 2.24) is 14.4 Å². The first kappa shape index (κ1) is 20.3. The molecule has 0 bridgehead atoms. The Labute approximate surface area is 165 Å². The van der Waals surface area contributed by atoms with Crippen LogP contribution in [0.3, 0.4) is 0 Å². The van der Waals surface area contributed by atoms with Gasteiger partial charge in [0, 0.05) is 31.9 Å². The van der Waals surface area contributed by atoms with Gasteiger partial charge < -0.3 is 14.7 Å². The van der Waals surface area contributed by atoms with Crippen molar-refractivity contribution in [2.75, 3.05) is 31.5 Å². The minimum Gasteiger partial charge on any atom is -0.360 e. The van der Waals surface area contributed by atoms with E-state index in [1.807, 2.05) is 24.3 Å². The van der Waals surface area contributed by atoms with Crippen molar-refractivity contribution in [3.05, 3.63) is 41.3 Å². The number of carbonyl (C=O) groups excluding carboxylic acids is 1. The summed E-state index contributed by atoms with van der Waals surface area (Å²) in [6, 6.07) is 7.52. The third-order valence-electron chi connectivity index (χ3n) is 4.92. The molecule has 2 aromatic rings. The molecule has 28 heavy (non-hydrogen) atoms. The molecule has 1 aliphatic rings. The molecule has 0 spiro atoms. The number of aromatic nitrogens is 1. The molecule has 1 aliphatic heterocycles. The molecular formula is C19H26N4O4S. The van der Waals surface area contributed by atoms with Crippen LogP contribution in [0.2, 0.25) is 0 Å². The van der Waals surface area contributed by atoms with Gasteiger partial charge in [0.25, 0.3) is 0 Å². The summed E-state index contributed by atoms with van der Waals surface area (Å²) in [4.78, 5) is 14.2. The Morgan fingerprint density at radius 2 is 1.71 bits per heavy atom. The molecule has 1 aromatic heterocycles. The maximum atomic E-state index is 12.9. The van der Waals surface area contributed by atoms with E-state index in [1.54, 1.807) is 18.7 Å². The lowest BCUT2D eigenvalue weighted by atomic mass is 10.0. The summed E-state index contributed by atoms with van der Waals surface area (Å²) >= 11 is 0. The summed E-state index contributed by atoms with van der Waals surface area (Å²) in [5.74, 6) is 0.708. The number of nitrogens with one attached hydrogen (secondary N) is 1. The lowest BCUT2D eigenvalue weighted by molar-refractivity contribution is 0.184. The minimum atomic E-state index is -3.68. The highest BCUT2D eigenvalue weighted by molar-refractivity contribution is 7.89. The Bertz CT molecular complexity index is 923. The quantitative estimate of drug-likeness (QED) is 0.842. The summed E-state index contributed by atoms with van der Waals surface area (Å²) in [6.07, 6.45) is 0. The van der Waals surface area contributed by atoms with E-state index in [0.29, 0.717) is 24.7 Å². The fourth-order valence-electron chi connectivity index (χ4n) is 3.26. The fraction of sp³-hybridized carbons (Fsp3) is 0.474. The summed E-state index contributed by atoms with van der Waals surface area (Å²) < 4.78 is 32.1. The average Bonchev–Trinajstić information content (AvgIpc) is 3.01. The molecule has 0 radical (unpaired) electrons. The topological polar surface area (TPSA) is 95.8 Å². The second-order valence-electron chi connectivity index (χ2n) is 7.25. The lowest BCUT2D eigenvalue weighted by Crippen LogP contribution is -2.51. The maximum Gasteiger partial charge on any atom is 0.321 e. The van der Waals surface area contributed by atoms with Gasteiger partial charge in [-0.2, -0.15) is 4.31 Å². The third-order valence-corrected chi connectivity index (χ3v) is 7.06. The summed E-state index contributed by atoms with van der Waals surface area (Å²) in [5, 5.41) is 6.60. The first-order chi connectivity index (χ1) is 13.2. The van der Waals surface area contributed by atoms with Crippen LogP contribution in [0.25, 0.3) is 0 Å². The molecule has 0 atom stereocenters. The Morgan fingerprint density at radius 3 is 2.21 bits per heavy atom. The zero-order valence-corrected chi connectivity index (χ0v) is 17.4. The smallest absolute Gasteiger partial charge is 0.321 e. The zero-order chi connectivity index (χ0) is 20.5. The molecule has 9 heteroatoms. The van der Waals surface area contributed by atoms with E-state index < -0.39 is 10.0 Å². The van der Waals surface area contributed by atoms with Gasteiger partial charge in [-0.3, -0.25) is 0 Å². The van der Waals surface area contributed by atoms with E-state index >= 15 is 0 Å². The molecule has 3 rings (SSSR count). The van der Waals surface area contributed by atoms with Gasteiger partial charge in [0.1, 0.15) is 10.6 Å². The van der Waals surface area contributed by atoms with Crippen molar-refractivity contribution in [2.45, 2.75) is 38.5 Å². The standard InChI is InChI=1S/C19H26N4O4S/c1-13(2)16-5-7-17(8-6-16)20-19(24)22-9-11-23(12-10-22)28(25,26)18-14(3)21-27-15(18)4/h5-8,13H,9-12H2,1-4H3,(H,20,24). The molecule has 1 aromatic carbocycles. The third kappa shape index (κ3) is 4.05.